The van der Waals surface area contributed by atoms with Crippen molar-refractivity contribution in [3.05, 3.63) is 54.6 Å². The third-order valence-corrected chi connectivity index (χ3v) is 12.4. The van der Waals surface area contributed by atoms with Crippen LogP contribution in [-0.2, 0) is 0 Å². The van der Waals surface area contributed by atoms with Crippen LogP contribution in [0.1, 0.15) is 0 Å². The van der Waals surface area contributed by atoms with E-state index in [1.807, 2.05) is 36.4 Å². The largest absolute Gasteiger partial charge is 0.464 e. The molecular weight excluding hydrogens is 676 g/mol. The third kappa shape index (κ3) is 4.60. The van der Waals surface area contributed by atoms with Crippen LogP contribution in [0.15, 0.2) is 54.6 Å². The molecule has 0 N–H and O–H groups in total. The van der Waals surface area contributed by atoms with Crippen LogP contribution in [0.25, 0.3) is 11.1 Å². The zero-order valence-corrected chi connectivity index (χ0v) is 20.5. The summed E-state index contributed by atoms with van der Waals surface area (Å²) in [4.78, 5) is 0. The predicted molar refractivity (Wildman–Crippen MR) is 115 cm³/mol. The average Bonchev–Trinajstić information content (AvgIpc) is 2.47. The summed E-state index contributed by atoms with van der Waals surface area (Å²) in [6.45, 7) is 0. The van der Waals surface area contributed by atoms with E-state index in [4.69, 9.17) is 4.74 Å². The summed E-state index contributed by atoms with van der Waals surface area (Å²) >= 11 is 21.3. The van der Waals surface area contributed by atoms with Crippen LogP contribution < -0.4 is 4.74 Å². The van der Waals surface area contributed by atoms with E-state index in [9.17, 15) is 0 Å². The first-order valence-corrected chi connectivity index (χ1v) is 11.1. The second-order valence-electron chi connectivity index (χ2n) is 4.44. The molecule has 2 aromatic rings. The van der Waals surface area contributed by atoms with Crippen LogP contribution in [0.4, 0.5) is 0 Å². The van der Waals surface area contributed by atoms with E-state index < -0.39 is 6.65 Å². The van der Waals surface area contributed by atoms with Crippen molar-refractivity contribution in [2.45, 2.75) is 10.4 Å². The quantitative estimate of drug-likeness (QED) is 0.293. The Kier molecular flexibility index (Phi) is 7.07. The predicted octanol–water partition coefficient (Wildman–Crippen LogP) is 7.78. The molecule has 0 fully saturated rings. The molecule has 0 aliphatic carbocycles. The average molecular weight is 686 g/mol. The van der Waals surface area contributed by atoms with Gasteiger partial charge < -0.3 is 4.74 Å². The monoisotopic (exact) mass is 680 g/mol. The summed E-state index contributed by atoms with van der Waals surface area (Å²) in [6, 6.07) is 18.1. The molecule has 0 atom stereocenters. The van der Waals surface area contributed by atoms with Gasteiger partial charge in [-0.1, -0.05) is 106 Å². The fourth-order valence-electron chi connectivity index (χ4n) is 1.71. The van der Waals surface area contributed by atoms with Crippen LogP contribution in [0.2, 0.25) is 0 Å². The second kappa shape index (κ2) is 8.00. The number of halogens is 6. The summed E-state index contributed by atoms with van der Waals surface area (Å²) in [5, 5.41) is 0. The van der Waals surface area contributed by atoms with E-state index in [2.05, 4.69) is 114 Å². The maximum Gasteiger partial charge on any atom is 0.244 e. The van der Waals surface area contributed by atoms with Crippen LogP contribution in [0, 0.1) is 0 Å². The van der Waals surface area contributed by atoms with E-state index in [-0.39, 0.29) is 3.74 Å². The topological polar surface area (TPSA) is 9.23 Å². The molecule has 0 amide bonds. The molecule has 0 saturated heterocycles. The summed E-state index contributed by atoms with van der Waals surface area (Å²) in [5.41, 5.74) is 2.24. The number of hydrogen-bond donors (Lipinski definition) is 0. The Labute approximate surface area is 180 Å². The fraction of sp³-hybridized carbons (Fsp3) is 0.200. The molecular formula is C15H10Br6O. The number of hydrogen-bond acceptors (Lipinski definition) is 1. The Morgan fingerprint density at radius 1 is 0.773 bits per heavy atom. The van der Waals surface area contributed by atoms with Gasteiger partial charge in [-0.25, -0.2) is 0 Å². The minimum Gasteiger partial charge on any atom is -0.464 e. The third-order valence-electron chi connectivity index (χ3n) is 2.85. The second-order valence-corrected chi connectivity index (χ2v) is 14.4. The molecule has 2 aromatic carbocycles. The van der Waals surface area contributed by atoms with E-state index in [1.54, 1.807) is 0 Å². The van der Waals surface area contributed by atoms with Crippen LogP contribution in [-0.4, -0.2) is 10.4 Å². The maximum absolute atomic E-state index is 6.07. The van der Waals surface area contributed by atoms with Crippen LogP contribution >= 0.6 is 95.6 Å². The number of ether oxygens (including phenoxy) is 1. The van der Waals surface area contributed by atoms with Crippen molar-refractivity contribution in [3.63, 3.8) is 0 Å². The molecule has 0 aliphatic heterocycles. The maximum atomic E-state index is 6.07. The van der Waals surface area contributed by atoms with E-state index in [0.29, 0.717) is 0 Å². The lowest BCUT2D eigenvalue weighted by Crippen LogP contribution is -2.43. The van der Waals surface area contributed by atoms with Crippen molar-refractivity contribution in [1.29, 1.82) is 0 Å². The molecule has 0 saturated carbocycles. The van der Waals surface area contributed by atoms with Gasteiger partial charge in [-0.2, -0.15) is 0 Å². The van der Waals surface area contributed by atoms with E-state index in [1.165, 1.54) is 0 Å². The SMILES string of the molecule is BrC(Br)C(Br)(Br)C(Br)(Br)Oc1cccc(-c2ccccc2)c1. The van der Waals surface area contributed by atoms with Gasteiger partial charge in [-0.05, 0) is 55.1 Å². The molecule has 0 spiro atoms. The smallest absolute Gasteiger partial charge is 0.244 e. The molecule has 7 heteroatoms. The van der Waals surface area contributed by atoms with Gasteiger partial charge in [0.25, 0.3) is 0 Å². The lowest BCUT2D eigenvalue weighted by molar-refractivity contribution is 0.266. The van der Waals surface area contributed by atoms with Crippen molar-refractivity contribution in [1.82, 2.24) is 0 Å². The zero-order valence-electron chi connectivity index (χ0n) is 10.9. The van der Waals surface area contributed by atoms with Crippen molar-refractivity contribution < 1.29 is 4.74 Å². The minimum absolute atomic E-state index is 0.0939. The van der Waals surface area contributed by atoms with Gasteiger partial charge in [0.05, 0.1) is 0 Å². The number of benzene rings is 2. The standard InChI is InChI=1S/C15H10Br6O/c16-13(17)14(18,19)15(20,21)22-12-8-4-7-11(9-12)10-5-2-1-3-6-10/h1-9,13H. The molecule has 2 rings (SSSR count). The van der Waals surface area contributed by atoms with Gasteiger partial charge >= 0.3 is 0 Å². The van der Waals surface area contributed by atoms with Crippen LogP contribution in [0.5, 0.6) is 5.75 Å². The highest BCUT2D eigenvalue weighted by molar-refractivity contribution is 9.32. The molecule has 0 unspecified atom stereocenters. The lowest BCUT2D eigenvalue weighted by Gasteiger charge is -2.35. The number of alkyl halides is 6. The summed E-state index contributed by atoms with van der Waals surface area (Å²) < 4.78 is 4.47. The Morgan fingerprint density at radius 3 is 1.95 bits per heavy atom. The highest BCUT2D eigenvalue weighted by Crippen LogP contribution is 2.54. The van der Waals surface area contributed by atoms with Crippen LogP contribution in [0.3, 0.4) is 0 Å². The van der Waals surface area contributed by atoms with Gasteiger partial charge in [0.15, 0.2) is 3.23 Å². The molecule has 22 heavy (non-hydrogen) atoms. The summed E-state index contributed by atoms with van der Waals surface area (Å²) in [5.74, 6) is 0.735. The van der Waals surface area contributed by atoms with Gasteiger partial charge in [0.2, 0.25) is 3.42 Å². The first kappa shape index (κ1) is 19.4. The van der Waals surface area contributed by atoms with Crippen molar-refractivity contribution in [2.75, 3.05) is 0 Å². The van der Waals surface area contributed by atoms with E-state index >= 15 is 0 Å². The highest BCUT2D eigenvalue weighted by atomic mass is 79.9. The van der Waals surface area contributed by atoms with Crippen molar-refractivity contribution in [3.8, 4) is 16.9 Å². The number of rotatable bonds is 5. The lowest BCUT2D eigenvalue weighted by atomic mass is 10.1. The first-order valence-electron chi connectivity index (χ1n) is 6.12. The molecule has 0 radical (unpaired) electrons. The van der Waals surface area contributed by atoms with Gasteiger partial charge in [0, 0.05) is 0 Å². The van der Waals surface area contributed by atoms with E-state index in [0.717, 1.165) is 16.9 Å². The molecule has 0 aliphatic rings. The molecule has 118 valence electrons. The Bertz CT molecular complexity index is 627. The van der Waals surface area contributed by atoms with Gasteiger partial charge in [-0.15, -0.1) is 0 Å². The fourth-order valence-corrected chi connectivity index (χ4v) is 4.58. The van der Waals surface area contributed by atoms with Gasteiger partial charge in [-0.3, -0.25) is 0 Å². The molecule has 0 bridgehead atoms. The normalized spacial score (nSPS) is 12.5. The molecule has 0 heterocycles. The zero-order chi connectivity index (χ0) is 16.4. The summed E-state index contributed by atoms with van der Waals surface area (Å²) in [7, 11) is 0. The summed E-state index contributed by atoms with van der Waals surface area (Å²) in [6.07, 6.45) is 0. The Hall–Kier alpha value is 1.12. The Morgan fingerprint density at radius 2 is 1.36 bits per heavy atom. The van der Waals surface area contributed by atoms with Crippen molar-refractivity contribution >= 4 is 95.6 Å². The molecule has 1 nitrogen and oxygen atoms in total. The first-order chi connectivity index (χ1) is 10.2. The highest BCUT2D eigenvalue weighted by Gasteiger charge is 2.51. The minimum atomic E-state index is -0.875. The van der Waals surface area contributed by atoms with Gasteiger partial charge in [0.1, 0.15) is 9.49 Å². The molecule has 0 aromatic heterocycles. The van der Waals surface area contributed by atoms with Crippen molar-refractivity contribution in [2.24, 2.45) is 0 Å². The Balaban J connectivity index is 2.28.